The standard InChI is InChI=1S/C19H22ClN3O2/c1-14-10-21-19(22-11-14)25-13-15-5-4-8-23(12-15)18(24)9-16-6-2-3-7-17(16)20/h2-3,6-7,10-11,15H,4-5,8-9,12-13H2,1H3. The summed E-state index contributed by atoms with van der Waals surface area (Å²) >= 11 is 6.16. The maximum Gasteiger partial charge on any atom is 0.316 e. The minimum Gasteiger partial charge on any atom is -0.463 e. The minimum atomic E-state index is 0.115. The second-order valence-corrected chi connectivity index (χ2v) is 6.88. The van der Waals surface area contributed by atoms with Gasteiger partial charge in [0.05, 0.1) is 13.0 Å². The van der Waals surface area contributed by atoms with Crippen LogP contribution in [-0.4, -0.2) is 40.5 Å². The van der Waals surface area contributed by atoms with E-state index in [2.05, 4.69) is 9.97 Å². The number of rotatable bonds is 5. The summed E-state index contributed by atoms with van der Waals surface area (Å²) < 4.78 is 5.68. The van der Waals surface area contributed by atoms with Crippen molar-refractivity contribution in [3.63, 3.8) is 0 Å². The number of aromatic nitrogens is 2. The average Bonchev–Trinajstić information content (AvgIpc) is 2.63. The van der Waals surface area contributed by atoms with Crippen molar-refractivity contribution < 1.29 is 9.53 Å². The van der Waals surface area contributed by atoms with Crippen LogP contribution >= 0.6 is 11.6 Å². The molecule has 1 atom stereocenters. The van der Waals surface area contributed by atoms with Crippen LogP contribution in [0.1, 0.15) is 24.0 Å². The summed E-state index contributed by atoms with van der Waals surface area (Å²) in [4.78, 5) is 22.8. The smallest absolute Gasteiger partial charge is 0.316 e. The number of hydrogen-bond acceptors (Lipinski definition) is 4. The zero-order valence-electron chi connectivity index (χ0n) is 14.3. The molecule has 0 aliphatic carbocycles. The van der Waals surface area contributed by atoms with Crippen LogP contribution in [0.2, 0.25) is 5.02 Å². The van der Waals surface area contributed by atoms with Gasteiger partial charge in [0.15, 0.2) is 0 Å². The van der Waals surface area contributed by atoms with Gasteiger partial charge in [-0.3, -0.25) is 4.79 Å². The lowest BCUT2D eigenvalue weighted by Gasteiger charge is -2.32. The first kappa shape index (κ1) is 17.7. The third kappa shape index (κ3) is 4.92. The lowest BCUT2D eigenvalue weighted by atomic mass is 9.98. The molecule has 1 saturated heterocycles. The van der Waals surface area contributed by atoms with Gasteiger partial charge in [0, 0.05) is 36.4 Å². The fraction of sp³-hybridized carbons (Fsp3) is 0.421. The first-order valence-corrected chi connectivity index (χ1v) is 8.92. The lowest BCUT2D eigenvalue weighted by molar-refractivity contribution is -0.132. The van der Waals surface area contributed by atoms with Gasteiger partial charge in [0.2, 0.25) is 5.91 Å². The quantitative estimate of drug-likeness (QED) is 0.822. The minimum absolute atomic E-state index is 0.115. The highest BCUT2D eigenvalue weighted by Crippen LogP contribution is 2.20. The summed E-state index contributed by atoms with van der Waals surface area (Å²) in [6.45, 7) is 3.96. The second kappa shape index (κ2) is 8.30. The summed E-state index contributed by atoms with van der Waals surface area (Å²) in [7, 11) is 0. The molecular formula is C19H22ClN3O2. The van der Waals surface area contributed by atoms with Gasteiger partial charge in [-0.2, -0.15) is 0 Å². The van der Waals surface area contributed by atoms with Crippen LogP contribution in [0.3, 0.4) is 0 Å². The molecule has 3 rings (SSSR count). The van der Waals surface area contributed by atoms with Gasteiger partial charge >= 0.3 is 6.01 Å². The molecule has 25 heavy (non-hydrogen) atoms. The SMILES string of the molecule is Cc1cnc(OCC2CCCN(C(=O)Cc3ccccc3Cl)C2)nc1. The molecule has 6 heteroatoms. The summed E-state index contributed by atoms with van der Waals surface area (Å²) in [6, 6.07) is 7.89. The normalized spacial score (nSPS) is 17.4. The number of nitrogens with zero attached hydrogens (tertiary/aromatic N) is 3. The van der Waals surface area contributed by atoms with Gasteiger partial charge < -0.3 is 9.64 Å². The first-order chi connectivity index (χ1) is 12.1. The van der Waals surface area contributed by atoms with E-state index < -0.39 is 0 Å². The molecule has 2 heterocycles. The van der Waals surface area contributed by atoms with E-state index in [-0.39, 0.29) is 5.91 Å². The van der Waals surface area contributed by atoms with Crippen molar-refractivity contribution in [2.75, 3.05) is 19.7 Å². The average molecular weight is 360 g/mol. The van der Waals surface area contributed by atoms with Gasteiger partial charge in [-0.15, -0.1) is 0 Å². The van der Waals surface area contributed by atoms with Crippen molar-refractivity contribution in [3.8, 4) is 6.01 Å². The van der Waals surface area contributed by atoms with E-state index in [0.717, 1.165) is 30.5 Å². The van der Waals surface area contributed by atoms with E-state index in [0.29, 0.717) is 36.5 Å². The molecule has 1 amide bonds. The predicted octanol–water partition coefficient (Wildman–Crippen LogP) is 3.30. The number of ether oxygens (including phenoxy) is 1. The van der Waals surface area contributed by atoms with E-state index in [1.165, 1.54) is 0 Å². The Morgan fingerprint density at radius 2 is 2.08 bits per heavy atom. The number of carbonyl (C=O) groups is 1. The van der Waals surface area contributed by atoms with Gasteiger partial charge in [0.25, 0.3) is 0 Å². The summed E-state index contributed by atoms with van der Waals surface area (Å²) in [6.07, 6.45) is 5.85. The molecule has 132 valence electrons. The van der Waals surface area contributed by atoms with E-state index >= 15 is 0 Å². The lowest BCUT2D eigenvalue weighted by Crippen LogP contribution is -2.42. The number of hydrogen-bond donors (Lipinski definition) is 0. The highest BCUT2D eigenvalue weighted by Gasteiger charge is 2.24. The highest BCUT2D eigenvalue weighted by molar-refractivity contribution is 6.31. The number of halogens is 1. The number of aryl methyl sites for hydroxylation is 1. The predicted molar refractivity (Wildman–Crippen MR) is 96.7 cm³/mol. The largest absolute Gasteiger partial charge is 0.463 e. The van der Waals surface area contributed by atoms with Crippen LogP contribution in [0, 0.1) is 12.8 Å². The molecule has 0 saturated carbocycles. The van der Waals surface area contributed by atoms with E-state index in [1.54, 1.807) is 12.4 Å². The zero-order valence-corrected chi connectivity index (χ0v) is 15.1. The fourth-order valence-corrected chi connectivity index (χ4v) is 3.19. The van der Waals surface area contributed by atoms with Crippen molar-refractivity contribution in [2.45, 2.75) is 26.2 Å². The van der Waals surface area contributed by atoms with E-state index in [4.69, 9.17) is 16.3 Å². The van der Waals surface area contributed by atoms with Gasteiger partial charge in [0.1, 0.15) is 0 Å². The third-order valence-electron chi connectivity index (χ3n) is 4.38. The molecule has 1 aromatic carbocycles. The topological polar surface area (TPSA) is 55.3 Å². The van der Waals surface area contributed by atoms with Gasteiger partial charge in [-0.1, -0.05) is 29.8 Å². The Bertz CT molecular complexity index is 721. The van der Waals surface area contributed by atoms with Crippen molar-refractivity contribution >= 4 is 17.5 Å². The van der Waals surface area contributed by atoms with Crippen molar-refractivity contribution in [1.29, 1.82) is 0 Å². The van der Waals surface area contributed by atoms with Crippen molar-refractivity contribution in [3.05, 3.63) is 52.8 Å². The van der Waals surface area contributed by atoms with Crippen LogP contribution < -0.4 is 4.74 Å². The number of likely N-dealkylation sites (tertiary alicyclic amines) is 1. The number of piperidine rings is 1. The molecule has 0 N–H and O–H groups in total. The number of benzene rings is 1. The maximum atomic E-state index is 12.6. The van der Waals surface area contributed by atoms with Crippen LogP contribution in [-0.2, 0) is 11.2 Å². The van der Waals surface area contributed by atoms with E-state index in [9.17, 15) is 4.79 Å². The molecule has 1 unspecified atom stereocenters. The Morgan fingerprint density at radius 3 is 2.84 bits per heavy atom. The van der Waals surface area contributed by atoms with Crippen LogP contribution in [0.4, 0.5) is 0 Å². The van der Waals surface area contributed by atoms with Crippen molar-refractivity contribution in [1.82, 2.24) is 14.9 Å². The molecule has 0 radical (unpaired) electrons. The molecule has 2 aromatic rings. The molecule has 0 bridgehead atoms. The third-order valence-corrected chi connectivity index (χ3v) is 4.75. The van der Waals surface area contributed by atoms with Crippen LogP contribution in [0.5, 0.6) is 6.01 Å². The van der Waals surface area contributed by atoms with Crippen LogP contribution in [0.15, 0.2) is 36.7 Å². The molecular weight excluding hydrogens is 338 g/mol. The molecule has 1 aliphatic heterocycles. The Labute approximate surface area is 153 Å². The summed E-state index contributed by atoms with van der Waals surface area (Å²) in [5, 5.41) is 0.643. The zero-order chi connectivity index (χ0) is 17.6. The van der Waals surface area contributed by atoms with Gasteiger partial charge in [-0.05, 0) is 37.0 Å². The van der Waals surface area contributed by atoms with Crippen LogP contribution in [0.25, 0.3) is 0 Å². The molecule has 1 aromatic heterocycles. The van der Waals surface area contributed by atoms with Gasteiger partial charge in [-0.25, -0.2) is 9.97 Å². The number of amides is 1. The Hall–Kier alpha value is -2.14. The Kier molecular flexibility index (Phi) is 5.87. The fourth-order valence-electron chi connectivity index (χ4n) is 2.99. The Balaban J connectivity index is 1.52. The Morgan fingerprint density at radius 1 is 1.32 bits per heavy atom. The maximum absolute atomic E-state index is 12.6. The highest BCUT2D eigenvalue weighted by atomic mass is 35.5. The second-order valence-electron chi connectivity index (χ2n) is 6.47. The molecule has 5 nitrogen and oxygen atoms in total. The molecule has 1 aliphatic rings. The molecule has 0 spiro atoms. The summed E-state index contributed by atoms with van der Waals surface area (Å²) in [5.41, 5.74) is 1.88. The number of carbonyl (C=O) groups excluding carboxylic acids is 1. The van der Waals surface area contributed by atoms with E-state index in [1.807, 2.05) is 36.1 Å². The van der Waals surface area contributed by atoms with Crippen molar-refractivity contribution in [2.24, 2.45) is 5.92 Å². The first-order valence-electron chi connectivity index (χ1n) is 8.54. The summed E-state index contributed by atoms with van der Waals surface area (Å²) in [5.74, 6) is 0.415. The molecule has 1 fully saturated rings. The monoisotopic (exact) mass is 359 g/mol.